The van der Waals surface area contributed by atoms with Crippen molar-refractivity contribution < 1.29 is 23.9 Å². The van der Waals surface area contributed by atoms with Gasteiger partial charge in [-0.25, -0.2) is 14.8 Å². The summed E-state index contributed by atoms with van der Waals surface area (Å²) in [5.74, 6) is -0.364. The van der Waals surface area contributed by atoms with E-state index < -0.39 is 17.7 Å². The van der Waals surface area contributed by atoms with E-state index in [1.54, 1.807) is 49.7 Å². The van der Waals surface area contributed by atoms with E-state index in [1.165, 1.54) is 17.0 Å². The number of hydrogen-bond acceptors (Lipinski definition) is 10. The van der Waals surface area contributed by atoms with Crippen LogP contribution in [0.2, 0.25) is 10.0 Å². The Morgan fingerprint density at radius 1 is 1.18 bits per heavy atom. The molecule has 0 atom stereocenters. The number of nitriles is 1. The molecule has 0 saturated carbocycles. The van der Waals surface area contributed by atoms with Gasteiger partial charge < -0.3 is 9.47 Å². The third-order valence-electron chi connectivity index (χ3n) is 5.28. The normalized spacial score (nSPS) is 12.7. The number of carbonyl (C=O) groups is 3. The van der Waals surface area contributed by atoms with Crippen LogP contribution >= 0.6 is 23.2 Å². The number of fused-ring (bicyclic) bond motifs is 1. The predicted molar refractivity (Wildman–Crippen MR) is 142 cm³/mol. The SMILES string of the molecule is CCOC(=O)NC(=O)C(C#N)=NNc1cc(Cl)c(Oc2ccc3c(c2)CCN(c2ncccn2)C3=O)c(Cl)c1. The minimum atomic E-state index is -1.05. The molecule has 0 radical (unpaired) electrons. The number of rotatable bonds is 7. The molecular formula is C25H19Cl2N7O5. The van der Waals surface area contributed by atoms with Gasteiger partial charge >= 0.3 is 6.09 Å². The van der Waals surface area contributed by atoms with Gasteiger partial charge in [-0.05, 0) is 55.3 Å². The van der Waals surface area contributed by atoms with Gasteiger partial charge in [0.25, 0.3) is 11.8 Å². The standard InChI is InChI=1S/C25H19Cl2N7O5/c1-2-38-25(37)31-22(35)20(13-28)33-32-15-11-18(26)21(19(27)12-15)39-16-4-5-17-14(10-16)6-9-34(23(17)36)24-29-7-3-8-30-24/h3-5,7-8,10-12,32H,2,6,9H2,1H3,(H,31,35,37). The number of halogens is 2. The highest BCUT2D eigenvalue weighted by Gasteiger charge is 2.27. The number of alkyl carbamates (subject to hydrolysis) is 1. The molecule has 0 saturated heterocycles. The van der Waals surface area contributed by atoms with Crippen LogP contribution in [-0.2, 0) is 16.0 Å². The first-order chi connectivity index (χ1) is 18.8. The molecule has 39 heavy (non-hydrogen) atoms. The fourth-order valence-corrected chi connectivity index (χ4v) is 4.12. The number of benzene rings is 2. The summed E-state index contributed by atoms with van der Waals surface area (Å²) < 4.78 is 10.5. The van der Waals surface area contributed by atoms with Gasteiger partial charge in [-0.2, -0.15) is 10.4 Å². The fourth-order valence-electron chi connectivity index (χ4n) is 3.56. The van der Waals surface area contributed by atoms with Crippen LogP contribution in [0.25, 0.3) is 0 Å². The minimum Gasteiger partial charge on any atom is -0.454 e. The first-order valence-electron chi connectivity index (χ1n) is 11.4. The molecule has 0 aliphatic carbocycles. The van der Waals surface area contributed by atoms with Crippen LogP contribution in [0.15, 0.2) is 53.9 Å². The number of hydrazone groups is 1. The maximum Gasteiger partial charge on any atom is 0.414 e. The van der Waals surface area contributed by atoms with Crippen molar-refractivity contribution in [1.29, 1.82) is 5.26 Å². The Morgan fingerprint density at radius 2 is 1.90 bits per heavy atom. The Kier molecular flexibility index (Phi) is 8.55. The van der Waals surface area contributed by atoms with E-state index in [1.807, 2.05) is 5.32 Å². The Labute approximate surface area is 232 Å². The van der Waals surface area contributed by atoms with Crippen molar-refractivity contribution in [3.8, 4) is 17.6 Å². The average molecular weight is 568 g/mol. The van der Waals surface area contributed by atoms with Crippen molar-refractivity contribution in [1.82, 2.24) is 15.3 Å². The second kappa shape index (κ2) is 12.2. The van der Waals surface area contributed by atoms with Crippen molar-refractivity contribution >= 4 is 58.5 Å². The molecule has 0 unspecified atom stereocenters. The molecule has 12 nitrogen and oxygen atoms in total. The number of hydrogen-bond donors (Lipinski definition) is 2. The van der Waals surface area contributed by atoms with Crippen LogP contribution < -0.4 is 20.4 Å². The largest absolute Gasteiger partial charge is 0.454 e. The molecule has 3 amide bonds. The van der Waals surface area contributed by atoms with Gasteiger partial charge in [0.15, 0.2) is 5.75 Å². The topological polar surface area (TPSA) is 159 Å². The summed E-state index contributed by atoms with van der Waals surface area (Å²) in [6.45, 7) is 2.02. The van der Waals surface area contributed by atoms with E-state index in [2.05, 4.69) is 25.2 Å². The molecule has 1 aliphatic rings. The van der Waals surface area contributed by atoms with Gasteiger partial charge in [-0.3, -0.25) is 25.2 Å². The average Bonchev–Trinajstić information content (AvgIpc) is 2.92. The van der Waals surface area contributed by atoms with E-state index in [0.717, 1.165) is 5.56 Å². The van der Waals surface area contributed by atoms with Crippen LogP contribution in [0, 0.1) is 11.3 Å². The quantitative estimate of drug-likeness (QED) is 0.312. The van der Waals surface area contributed by atoms with Crippen LogP contribution in [-0.4, -0.2) is 46.7 Å². The van der Waals surface area contributed by atoms with Gasteiger partial charge in [-0.1, -0.05) is 23.2 Å². The van der Waals surface area contributed by atoms with Gasteiger partial charge in [0.1, 0.15) is 11.8 Å². The summed E-state index contributed by atoms with van der Waals surface area (Å²) in [6, 6.07) is 11.1. The van der Waals surface area contributed by atoms with Crippen molar-refractivity contribution in [2.75, 3.05) is 23.5 Å². The number of nitrogens with zero attached hydrogens (tertiary/aromatic N) is 5. The lowest BCUT2D eigenvalue weighted by atomic mass is 9.99. The Bertz CT molecular complexity index is 1490. The first-order valence-corrected chi connectivity index (χ1v) is 12.2. The Hall–Kier alpha value is -4.73. The molecule has 2 N–H and O–H groups in total. The Balaban J connectivity index is 1.47. The summed E-state index contributed by atoms with van der Waals surface area (Å²) in [7, 11) is 0. The van der Waals surface area contributed by atoms with Gasteiger partial charge in [-0.15, -0.1) is 0 Å². The zero-order valence-electron chi connectivity index (χ0n) is 20.3. The maximum atomic E-state index is 13.0. The van der Waals surface area contributed by atoms with Crippen LogP contribution in [0.3, 0.4) is 0 Å². The summed E-state index contributed by atoms with van der Waals surface area (Å²) in [5, 5.41) is 14.9. The number of nitrogens with one attached hydrogen (secondary N) is 2. The zero-order chi connectivity index (χ0) is 27.9. The Morgan fingerprint density at radius 3 is 2.56 bits per heavy atom. The summed E-state index contributed by atoms with van der Waals surface area (Å²) in [4.78, 5) is 46.1. The lowest BCUT2D eigenvalue weighted by Gasteiger charge is -2.27. The number of carbonyl (C=O) groups excluding carboxylic acids is 3. The molecule has 1 aliphatic heterocycles. The van der Waals surface area contributed by atoms with Crippen molar-refractivity contribution in [2.24, 2.45) is 5.10 Å². The van der Waals surface area contributed by atoms with E-state index >= 15 is 0 Å². The molecule has 2 heterocycles. The van der Waals surface area contributed by atoms with Crippen LogP contribution in [0.5, 0.6) is 11.5 Å². The lowest BCUT2D eigenvalue weighted by molar-refractivity contribution is -0.114. The summed E-state index contributed by atoms with van der Waals surface area (Å²) in [6.07, 6.45) is 2.71. The monoisotopic (exact) mass is 567 g/mol. The summed E-state index contributed by atoms with van der Waals surface area (Å²) in [5.41, 5.74) is 3.41. The number of anilines is 2. The predicted octanol–water partition coefficient (Wildman–Crippen LogP) is 4.34. The zero-order valence-corrected chi connectivity index (χ0v) is 21.8. The number of amides is 3. The van der Waals surface area contributed by atoms with Crippen molar-refractivity contribution in [2.45, 2.75) is 13.3 Å². The second-order valence-electron chi connectivity index (χ2n) is 7.80. The van der Waals surface area contributed by atoms with E-state index in [0.29, 0.717) is 30.2 Å². The molecule has 14 heteroatoms. The molecular weight excluding hydrogens is 549 g/mol. The van der Waals surface area contributed by atoms with Crippen molar-refractivity contribution in [3.05, 3.63) is 70.0 Å². The molecule has 3 aromatic rings. The summed E-state index contributed by atoms with van der Waals surface area (Å²) >= 11 is 12.8. The maximum absolute atomic E-state index is 13.0. The molecule has 0 spiro atoms. The second-order valence-corrected chi connectivity index (χ2v) is 8.62. The highest BCUT2D eigenvalue weighted by molar-refractivity contribution is 6.47. The van der Waals surface area contributed by atoms with E-state index in [9.17, 15) is 19.6 Å². The van der Waals surface area contributed by atoms with Gasteiger partial charge in [0.2, 0.25) is 11.7 Å². The number of ether oxygens (including phenoxy) is 2. The third kappa shape index (κ3) is 6.40. The van der Waals surface area contributed by atoms with E-state index in [4.69, 9.17) is 27.9 Å². The number of aromatic nitrogens is 2. The lowest BCUT2D eigenvalue weighted by Crippen LogP contribution is -2.38. The molecule has 2 aromatic carbocycles. The molecule has 0 fully saturated rings. The highest BCUT2D eigenvalue weighted by atomic mass is 35.5. The van der Waals surface area contributed by atoms with Crippen molar-refractivity contribution in [3.63, 3.8) is 0 Å². The van der Waals surface area contributed by atoms with Gasteiger partial charge in [0.05, 0.1) is 22.3 Å². The minimum absolute atomic E-state index is 0.0493. The first kappa shape index (κ1) is 27.3. The van der Waals surface area contributed by atoms with E-state index in [-0.39, 0.29) is 34.0 Å². The molecule has 4 rings (SSSR count). The molecule has 1 aromatic heterocycles. The smallest absolute Gasteiger partial charge is 0.414 e. The third-order valence-corrected chi connectivity index (χ3v) is 5.84. The number of imide groups is 1. The highest BCUT2D eigenvalue weighted by Crippen LogP contribution is 2.39. The fraction of sp³-hybridized carbons (Fsp3) is 0.160. The van der Waals surface area contributed by atoms with Gasteiger partial charge in [0, 0.05) is 24.5 Å². The van der Waals surface area contributed by atoms with Crippen LogP contribution in [0.1, 0.15) is 22.8 Å². The molecule has 0 bridgehead atoms. The molecule has 198 valence electrons. The van der Waals surface area contributed by atoms with Crippen LogP contribution in [0.4, 0.5) is 16.4 Å².